The van der Waals surface area contributed by atoms with E-state index in [-0.39, 0.29) is 29.2 Å². The molecule has 0 unspecified atom stereocenters. The SMILES string of the molecule is CC(=O)Oc1cc2c(s1)CCN(CC(=O)Nc1nc(C(=O)O)cs1)C2. The van der Waals surface area contributed by atoms with Crippen LogP contribution in [0.4, 0.5) is 5.13 Å². The lowest BCUT2D eigenvalue weighted by molar-refractivity contribution is -0.131. The van der Waals surface area contributed by atoms with Gasteiger partial charge in [0.25, 0.3) is 0 Å². The molecule has 1 amide bonds. The molecule has 10 heteroatoms. The Labute approximate surface area is 151 Å². The molecule has 0 fully saturated rings. The fraction of sp³-hybridized carbons (Fsp3) is 0.333. The van der Waals surface area contributed by atoms with E-state index in [1.807, 2.05) is 11.0 Å². The van der Waals surface area contributed by atoms with Crippen molar-refractivity contribution in [1.29, 1.82) is 0 Å². The van der Waals surface area contributed by atoms with Crippen molar-refractivity contribution >= 4 is 45.7 Å². The zero-order valence-electron chi connectivity index (χ0n) is 13.3. The lowest BCUT2D eigenvalue weighted by atomic mass is 10.1. The number of thiophene rings is 1. The fourth-order valence-electron chi connectivity index (χ4n) is 2.48. The molecule has 0 bridgehead atoms. The van der Waals surface area contributed by atoms with E-state index >= 15 is 0 Å². The lowest BCUT2D eigenvalue weighted by Gasteiger charge is -2.25. The number of thiazole rings is 1. The van der Waals surface area contributed by atoms with Crippen LogP contribution in [-0.4, -0.2) is 45.9 Å². The Hall–Kier alpha value is -2.30. The molecule has 0 aromatic carbocycles. The van der Waals surface area contributed by atoms with E-state index in [4.69, 9.17) is 9.84 Å². The summed E-state index contributed by atoms with van der Waals surface area (Å²) in [6.07, 6.45) is 0.787. The summed E-state index contributed by atoms with van der Waals surface area (Å²) in [5, 5.41) is 13.7. The maximum Gasteiger partial charge on any atom is 0.355 e. The van der Waals surface area contributed by atoms with Crippen molar-refractivity contribution in [1.82, 2.24) is 9.88 Å². The van der Waals surface area contributed by atoms with Gasteiger partial charge in [-0.3, -0.25) is 14.5 Å². The number of carboxylic acids is 1. The summed E-state index contributed by atoms with van der Waals surface area (Å²) < 4.78 is 5.11. The van der Waals surface area contributed by atoms with Gasteiger partial charge in [-0.1, -0.05) is 0 Å². The number of anilines is 1. The van der Waals surface area contributed by atoms with E-state index in [1.54, 1.807) is 0 Å². The third-order valence-electron chi connectivity index (χ3n) is 3.50. The second-order valence-corrected chi connectivity index (χ2v) is 7.42. The predicted molar refractivity (Wildman–Crippen MR) is 92.3 cm³/mol. The molecule has 8 nitrogen and oxygen atoms in total. The predicted octanol–water partition coefficient (Wildman–Crippen LogP) is 1.82. The van der Waals surface area contributed by atoms with Gasteiger partial charge >= 0.3 is 11.9 Å². The van der Waals surface area contributed by atoms with Gasteiger partial charge < -0.3 is 15.2 Å². The van der Waals surface area contributed by atoms with Gasteiger partial charge in [-0.05, 0) is 18.1 Å². The van der Waals surface area contributed by atoms with Crippen LogP contribution in [0.25, 0.3) is 0 Å². The van der Waals surface area contributed by atoms with Crippen LogP contribution in [0.2, 0.25) is 0 Å². The minimum atomic E-state index is -1.12. The molecule has 2 aromatic rings. The van der Waals surface area contributed by atoms with Crippen molar-refractivity contribution in [3.63, 3.8) is 0 Å². The molecule has 0 radical (unpaired) electrons. The Morgan fingerprint density at radius 1 is 1.44 bits per heavy atom. The van der Waals surface area contributed by atoms with E-state index in [1.165, 1.54) is 28.5 Å². The minimum absolute atomic E-state index is 0.0841. The number of ether oxygens (including phenoxy) is 1. The van der Waals surface area contributed by atoms with Gasteiger partial charge in [0, 0.05) is 30.3 Å². The summed E-state index contributed by atoms with van der Waals surface area (Å²) >= 11 is 2.54. The molecule has 2 aromatic heterocycles. The van der Waals surface area contributed by atoms with Crippen LogP contribution in [0.5, 0.6) is 5.06 Å². The van der Waals surface area contributed by atoms with Crippen LogP contribution in [0.3, 0.4) is 0 Å². The quantitative estimate of drug-likeness (QED) is 0.761. The second-order valence-electron chi connectivity index (χ2n) is 5.46. The number of rotatable bonds is 5. The van der Waals surface area contributed by atoms with Gasteiger partial charge in [0.05, 0.1) is 6.54 Å². The van der Waals surface area contributed by atoms with E-state index < -0.39 is 5.97 Å². The smallest absolute Gasteiger partial charge is 0.355 e. The zero-order valence-corrected chi connectivity index (χ0v) is 14.9. The maximum atomic E-state index is 12.1. The van der Waals surface area contributed by atoms with Gasteiger partial charge in [-0.2, -0.15) is 0 Å². The Balaban J connectivity index is 1.56. The van der Waals surface area contributed by atoms with Crippen LogP contribution in [-0.2, 0) is 22.6 Å². The number of carbonyl (C=O) groups excluding carboxylic acids is 2. The molecule has 1 aliphatic rings. The molecule has 1 aliphatic heterocycles. The molecule has 0 saturated heterocycles. The number of esters is 1. The Bertz CT molecular complexity index is 829. The summed E-state index contributed by atoms with van der Waals surface area (Å²) in [6, 6.07) is 1.84. The summed E-state index contributed by atoms with van der Waals surface area (Å²) in [4.78, 5) is 40.9. The molecule has 25 heavy (non-hydrogen) atoms. The number of amides is 1. The molecular weight excluding hydrogens is 366 g/mol. The van der Waals surface area contributed by atoms with Crippen LogP contribution in [0.15, 0.2) is 11.4 Å². The highest BCUT2D eigenvalue weighted by molar-refractivity contribution is 7.14. The van der Waals surface area contributed by atoms with Crippen molar-refractivity contribution in [3.05, 3.63) is 27.6 Å². The number of carbonyl (C=O) groups is 3. The highest BCUT2D eigenvalue weighted by Gasteiger charge is 2.22. The first-order valence-corrected chi connectivity index (χ1v) is 9.11. The van der Waals surface area contributed by atoms with Gasteiger partial charge in [-0.25, -0.2) is 9.78 Å². The molecule has 3 heterocycles. The van der Waals surface area contributed by atoms with Gasteiger partial charge in [0.15, 0.2) is 15.9 Å². The lowest BCUT2D eigenvalue weighted by Crippen LogP contribution is -2.36. The first-order chi connectivity index (χ1) is 11.9. The monoisotopic (exact) mass is 381 g/mol. The van der Waals surface area contributed by atoms with E-state index in [0.29, 0.717) is 11.6 Å². The summed E-state index contributed by atoms with van der Waals surface area (Å²) in [5.74, 6) is -1.72. The molecule has 3 rings (SSSR count). The second kappa shape index (κ2) is 7.30. The number of fused-ring (bicyclic) bond motifs is 1. The molecule has 0 atom stereocenters. The highest BCUT2D eigenvalue weighted by atomic mass is 32.1. The van der Waals surface area contributed by atoms with Crippen LogP contribution in [0, 0.1) is 0 Å². The molecular formula is C15H15N3O5S2. The molecule has 0 aliphatic carbocycles. The summed E-state index contributed by atoms with van der Waals surface area (Å²) in [5.41, 5.74) is 0.974. The largest absolute Gasteiger partial charge is 0.476 e. The average Bonchev–Trinajstić information content (AvgIpc) is 3.12. The Kier molecular flexibility index (Phi) is 5.11. The van der Waals surface area contributed by atoms with Crippen LogP contribution in [0.1, 0.15) is 27.9 Å². The molecule has 0 saturated carbocycles. The van der Waals surface area contributed by atoms with Crippen molar-refractivity contribution in [2.24, 2.45) is 0 Å². The van der Waals surface area contributed by atoms with E-state index in [2.05, 4.69) is 10.3 Å². The zero-order chi connectivity index (χ0) is 18.0. The standard InChI is InChI=1S/C15H15N3O5S2/c1-8(19)23-13-4-9-5-18(3-2-11(9)25-13)6-12(20)17-15-16-10(7-24-15)14(21)22/h4,7H,2-3,5-6H2,1H3,(H,21,22)(H,16,17,20). The topological polar surface area (TPSA) is 109 Å². The third-order valence-corrected chi connectivity index (χ3v) is 5.38. The number of aromatic nitrogens is 1. The maximum absolute atomic E-state index is 12.1. The molecule has 2 N–H and O–H groups in total. The van der Waals surface area contributed by atoms with E-state index in [9.17, 15) is 14.4 Å². The van der Waals surface area contributed by atoms with Crippen LogP contribution >= 0.6 is 22.7 Å². The Morgan fingerprint density at radius 3 is 2.92 bits per heavy atom. The van der Waals surface area contributed by atoms with Crippen molar-refractivity contribution in [3.8, 4) is 5.06 Å². The van der Waals surface area contributed by atoms with Crippen molar-refractivity contribution in [2.45, 2.75) is 19.9 Å². The Morgan fingerprint density at radius 2 is 2.24 bits per heavy atom. The fourth-order valence-corrected chi connectivity index (χ4v) is 4.23. The van der Waals surface area contributed by atoms with Crippen molar-refractivity contribution < 1.29 is 24.2 Å². The number of hydrogen-bond acceptors (Lipinski definition) is 8. The number of hydrogen-bond donors (Lipinski definition) is 2. The third kappa shape index (κ3) is 4.41. The van der Waals surface area contributed by atoms with Gasteiger partial charge in [0.2, 0.25) is 5.91 Å². The van der Waals surface area contributed by atoms with Crippen molar-refractivity contribution in [2.75, 3.05) is 18.4 Å². The normalized spacial score (nSPS) is 14.0. The first kappa shape index (κ1) is 17.5. The molecule has 0 spiro atoms. The average molecular weight is 381 g/mol. The highest BCUT2D eigenvalue weighted by Crippen LogP contribution is 2.33. The summed E-state index contributed by atoms with van der Waals surface area (Å²) in [7, 11) is 0. The number of nitrogens with zero attached hydrogens (tertiary/aromatic N) is 2. The minimum Gasteiger partial charge on any atom is -0.476 e. The summed E-state index contributed by atoms with van der Waals surface area (Å²) in [6.45, 7) is 2.86. The van der Waals surface area contributed by atoms with Gasteiger partial charge in [0.1, 0.15) is 0 Å². The first-order valence-electron chi connectivity index (χ1n) is 7.41. The number of carboxylic acid groups (broad SMARTS) is 1. The van der Waals surface area contributed by atoms with Crippen LogP contribution < -0.4 is 10.1 Å². The number of nitrogens with one attached hydrogen (secondary N) is 1. The van der Waals surface area contributed by atoms with Gasteiger partial charge in [-0.15, -0.1) is 22.7 Å². The van der Waals surface area contributed by atoms with E-state index in [0.717, 1.165) is 29.9 Å². The number of aromatic carboxylic acids is 1. The molecule has 132 valence electrons.